The van der Waals surface area contributed by atoms with Gasteiger partial charge in [-0.3, -0.25) is 9.59 Å². The van der Waals surface area contributed by atoms with E-state index in [-0.39, 0.29) is 44.9 Å². The molecule has 4 aromatic rings. The fourth-order valence-corrected chi connectivity index (χ4v) is 4.94. The number of carbonyl (C=O) groups excluding carboxylic acids is 6. The number of carbonyl (C=O) groups is 6. The van der Waals surface area contributed by atoms with Gasteiger partial charge in [0, 0.05) is 37.3 Å². The maximum atomic E-state index is 13.7. The summed E-state index contributed by atoms with van der Waals surface area (Å²) < 4.78 is 11.0. The monoisotopic (exact) mass is 680 g/mol. The summed E-state index contributed by atoms with van der Waals surface area (Å²) >= 11 is 0. The first-order chi connectivity index (χ1) is 24.1. The molecule has 4 aromatic carbocycles. The molecule has 0 aliphatic heterocycles. The third-order valence-electron chi connectivity index (χ3n) is 7.68. The van der Waals surface area contributed by atoms with Gasteiger partial charge < -0.3 is 19.3 Å². The molecule has 0 saturated heterocycles. The smallest absolute Gasteiger partial charge is 0.409 e. The van der Waals surface area contributed by atoms with Gasteiger partial charge >= 0.3 is 24.1 Å². The van der Waals surface area contributed by atoms with Crippen molar-refractivity contribution in [3.8, 4) is 11.5 Å². The lowest BCUT2D eigenvalue weighted by Crippen LogP contribution is -2.33. The molecule has 0 unspecified atom stereocenters. The van der Waals surface area contributed by atoms with Crippen LogP contribution < -0.4 is 9.47 Å². The molecular formula is C38H36N2O10. The Morgan fingerprint density at radius 1 is 0.420 bits per heavy atom. The Bertz CT molecular complexity index is 1760. The summed E-state index contributed by atoms with van der Waals surface area (Å²) in [6, 6.07) is 23.6. The molecule has 0 saturated carbocycles. The summed E-state index contributed by atoms with van der Waals surface area (Å²) in [5.74, 6) is -3.65. The van der Waals surface area contributed by atoms with E-state index in [2.05, 4.69) is 0 Å². The summed E-state index contributed by atoms with van der Waals surface area (Å²) in [6.45, 7) is 8.77. The lowest BCUT2D eigenvalue weighted by Gasteiger charge is -2.19. The van der Waals surface area contributed by atoms with Crippen molar-refractivity contribution >= 4 is 35.7 Å². The Balaban J connectivity index is 1.54. The molecule has 50 heavy (non-hydrogen) atoms. The van der Waals surface area contributed by atoms with E-state index in [1.54, 1.807) is 52.0 Å². The third-order valence-corrected chi connectivity index (χ3v) is 7.68. The number of rotatable bonds is 12. The maximum absolute atomic E-state index is 13.7. The van der Waals surface area contributed by atoms with E-state index in [1.165, 1.54) is 82.6 Å². The highest BCUT2D eigenvalue weighted by Crippen LogP contribution is 2.26. The molecule has 0 heterocycles. The number of hydrogen-bond acceptors (Lipinski definition) is 10. The molecule has 12 heteroatoms. The number of hydrogen-bond donors (Lipinski definition) is 0. The molecule has 0 spiro atoms. The van der Waals surface area contributed by atoms with Gasteiger partial charge in [-0.1, -0.05) is 60.7 Å². The van der Waals surface area contributed by atoms with Crippen molar-refractivity contribution in [2.75, 3.05) is 26.2 Å². The summed E-state index contributed by atoms with van der Waals surface area (Å²) in [6.07, 6.45) is -1.28. The first-order valence-corrected chi connectivity index (χ1v) is 16.0. The van der Waals surface area contributed by atoms with Crippen LogP contribution in [0.5, 0.6) is 11.5 Å². The van der Waals surface area contributed by atoms with Crippen molar-refractivity contribution in [1.82, 2.24) is 9.80 Å². The number of amides is 2. The minimum absolute atomic E-state index is 0.00494. The zero-order valence-electron chi connectivity index (χ0n) is 28.0. The summed E-state index contributed by atoms with van der Waals surface area (Å²) in [7, 11) is 0. The predicted octanol–water partition coefficient (Wildman–Crippen LogP) is 6.76. The van der Waals surface area contributed by atoms with Crippen molar-refractivity contribution in [3.05, 3.63) is 130 Å². The second kappa shape index (κ2) is 17.2. The number of para-hydroxylation sites is 2. The van der Waals surface area contributed by atoms with E-state index in [1.807, 2.05) is 0 Å². The van der Waals surface area contributed by atoms with Gasteiger partial charge in [-0.15, -0.1) is 0 Å². The highest BCUT2D eigenvalue weighted by atomic mass is 17.2. The van der Waals surface area contributed by atoms with Gasteiger partial charge in [0.2, 0.25) is 0 Å². The van der Waals surface area contributed by atoms with E-state index in [0.717, 1.165) is 0 Å². The van der Waals surface area contributed by atoms with Crippen LogP contribution in [0.4, 0.5) is 9.59 Å². The Kier molecular flexibility index (Phi) is 12.6. The van der Waals surface area contributed by atoms with Gasteiger partial charge in [0.05, 0.1) is 22.3 Å². The number of benzene rings is 4. The van der Waals surface area contributed by atoms with Crippen molar-refractivity contribution < 1.29 is 48.0 Å². The first-order valence-electron chi connectivity index (χ1n) is 16.0. The van der Waals surface area contributed by atoms with Crippen LogP contribution in [0.25, 0.3) is 0 Å². The van der Waals surface area contributed by atoms with Crippen LogP contribution in [0.15, 0.2) is 97.1 Å². The molecule has 258 valence electrons. The molecule has 0 atom stereocenters. The minimum Gasteiger partial charge on any atom is -0.409 e. The molecule has 0 bridgehead atoms. The van der Waals surface area contributed by atoms with Gasteiger partial charge in [-0.25, -0.2) is 29.0 Å². The van der Waals surface area contributed by atoms with E-state index in [4.69, 9.17) is 19.2 Å². The van der Waals surface area contributed by atoms with Crippen LogP contribution in [0.3, 0.4) is 0 Å². The third kappa shape index (κ3) is 8.40. The molecule has 0 radical (unpaired) electrons. The lowest BCUT2D eigenvalue weighted by molar-refractivity contribution is -0.187. The first kappa shape index (κ1) is 36.5. The van der Waals surface area contributed by atoms with Gasteiger partial charge in [0.25, 0.3) is 0 Å². The SMILES string of the molecule is CCN(CC)C(=O)Oc1ccccc1C(=O)c1ccccc1C(=O)OOC(=O)c1ccccc1C(=O)c1ccccc1OC(=O)N(CC)CC. The fourth-order valence-electron chi connectivity index (χ4n) is 4.94. The summed E-state index contributed by atoms with van der Waals surface area (Å²) in [5, 5.41) is 0. The second-order valence-electron chi connectivity index (χ2n) is 10.6. The van der Waals surface area contributed by atoms with Crippen LogP contribution in [0.1, 0.15) is 80.3 Å². The normalized spacial score (nSPS) is 10.4. The molecule has 12 nitrogen and oxygen atoms in total. The predicted molar refractivity (Wildman–Crippen MR) is 181 cm³/mol. The molecule has 4 rings (SSSR count). The molecule has 0 aliphatic carbocycles. The average molecular weight is 681 g/mol. The molecule has 0 N–H and O–H groups in total. The van der Waals surface area contributed by atoms with Gasteiger partial charge in [0.15, 0.2) is 11.6 Å². The Labute approximate surface area is 289 Å². The second-order valence-corrected chi connectivity index (χ2v) is 10.6. The van der Waals surface area contributed by atoms with Gasteiger partial charge in [-0.2, -0.15) is 0 Å². The van der Waals surface area contributed by atoms with Gasteiger partial charge in [0.1, 0.15) is 11.5 Å². The number of ketones is 2. The highest BCUT2D eigenvalue weighted by molar-refractivity contribution is 6.17. The van der Waals surface area contributed by atoms with E-state index < -0.39 is 35.7 Å². The summed E-state index contributed by atoms with van der Waals surface area (Å²) in [5.41, 5.74) is -0.647. The van der Waals surface area contributed by atoms with Crippen LogP contribution in [0.2, 0.25) is 0 Å². The van der Waals surface area contributed by atoms with E-state index >= 15 is 0 Å². The van der Waals surface area contributed by atoms with E-state index in [0.29, 0.717) is 26.2 Å². The van der Waals surface area contributed by atoms with Crippen molar-refractivity contribution in [2.45, 2.75) is 27.7 Å². The fraction of sp³-hybridized carbons (Fsp3) is 0.211. The highest BCUT2D eigenvalue weighted by Gasteiger charge is 2.27. The van der Waals surface area contributed by atoms with E-state index in [9.17, 15) is 28.8 Å². The van der Waals surface area contributed by atoms with Crippen molar-refractivity contribution in [3.63, 3.8) is 0 Å². The van der Waals surface area contributed by atoms with Crippen molar-refractivity contribution in [2.24, 2.45) is 0 Å². The topological polar surface area (TPSA) is 146 Å². The maximum Gasteiger partial charge on any atom is 0.415 e. The standard InChI is InChI=1S/C38H36N2O10/c1-5-39(6-2)37(45)47-31-23-15-13-21-29(31)33(41)25-17-9-11-19-27(25)35(43)49-50-36(44)28-20-12-10-18-26(28)34(42)30-22-14-16-24-32(30)48-38(46)40(7-3)8-4/h9-24H,5-8H2,1-4H3. The lowest BCUT2D eigenvalue weighted by atomic mass is 9.97. The van der Waals surface area contributed by atoms with Crippen LogP contribution in [-0.2, 0) is 9.78 Å². The van der Waals surface area contributed by atoms with Crippen LogP contribution in [0, 0.1) is 0 Å². The minimum atomic E-state index is -1.17. The Morgan fingerprint density at radius 2 is 0.700 bits per heavy atom. The summed E-state index contributed by atoms with van der Waals surface area (Å²) in [4.78, 5) is 91.6. The molecule has 2 amide bonds. The largest absolute Gasteiger partial charge is 0.415 e. The van der Waals surface area contributed by atoms with Crippen LogP contribution in [-0.4, -0.2) is 71.7 Å². The average Bonchev–Trinajstić information content (AvgIpc) is 3.14. The Hall–Kier alpha value is -6.30. The molecular weight excluding hydrogens is 644 g/mol. The zero-order chi connectivity index (χ0) is 36.2. The van der Waals surface area contributed by atoms with Crippen LogP contribution >= 0.6 is 0 Å². The Morgan fingerprint density at radius 3 is 1.02 bits per heavy atom. The number of nitrogens with zero attached hydrogens (tertiary/aromatic N) is 2. The molecule has 0 fully saturated rings. The number of ether oxygens (including phenoxy) is 2. The van der Waals surface area contributed by atoms with Crippen molar-refractivity contribution in [1.29, 1.82) is 0 Å². The quantitative estimate of drug-likeness (QED) is 0.0894. The molecule has 0 aliphatic rings. The van der Waals surface area contributed by atoms with Gasteiger partial charge in [-0.05, 0) is 64.1 Å². The zero-order valence-corrected chi connectivity index (χ0v) is 28.0. The molecule has 0 aromatic heterocycles.